The van der Waals surface area contributed by atoms with Crippen LogP contribution >= 0.6 is 0 Å². The van der Waals surface area contributed by atoms with Gasteiger partial charge in [-0.25, -0.2) is 8.42 Å². The second-order valence-corrected chi connectivity index (χ2v) is 9.25. The molecule has 0 saturated heterocycles. The molecule has 0 aromatic heterocycles. The van der Waals surface area contributed by atoms with Gasteiger partial charge >= 0.3 is 5.97 Å². The Morgan fingerprint density at radius 1 is 1.13 bits per heavy atom. The molecule has 2 aromatic rings. The highest BCUT2D eigenvalue weighted by molar-refractivity contribution is 7.92. The number of nitrogens with one attached hydrogen (secondary N) is 1. The Balaban J connectivity index is 1.73. The fourth-order valence-electron chi connectivity index (χ4n) is 3.26. The largest absolute Gasteiger partial charge is 0.492 e. The van der Waals surface area contributed by atoms with Gasteiger partial charge in [0.15, 0.2) is 0 Å². The van der Waals surface area contributed by atoms with Crippen molar-refractivity contribution in [2.75, 3.05) is 35.6 Å². The number of hydrogen-bond acceptors (Lipinski definition) is 6. The van der Waals surface area contributed by atoms with E-state index in [-0.39, 0.29) is 24.8 Å². The Labute approximate surface area is 175 Å². The number of anilines is 2. The minimum atomic E-state index is -3.66. The number of methoxy groups -OCH3 is 1. The van der Waals surface area contributed by atoms with Crippen molar-refractivity contribution < 1.29 is 27.5 Å². The lowest BCUT2D eigenvalue weighted by Gasteiger charge is -2.19. The molecule has 1 aliphatic heterocycles. The van der Waals surface area contributed by atoms with Gasteiger partial charge in [-0.3, -0.25) is 14.3 Å². The topological polar surface area (TPSA) is 102 Å². The predicted octanol–water partition coefficient (Wildman–Crippen LogP) is 2.30. The van der Waals surface area contributed by atoms with Crippen LogP contribution in [0.25, 0.3) is 0 Å². The first-order valence-corrected chi connectivity index (χ1v) is 11.0. The van der Waals surface area contributed by atoms with E-state index in [1.165, 1.54) is 12.0 Å². The number of carbonyl (C=O) groups is 2. The van der Waals surface area contributed by atoms with Gasteiger partial charge in [0.05, 0.1) is 12.5 Å². The zero-order valence-corrected chi connectivity index (χ0v) is 17.9. The van der Waals surface area contributed by atoms with E-state index < -0.39 is 21.4 Å². The number of fused-ring (bicyclic) bond motifs is 1. The van der Waals surface area contributed by atoms with Crippen LogP contribution in [0.15, 0.2) is 48.5 Å². The second kappa shape index (κ2) is 8.35. The van der Waals surface area contributed by atoms with Crippen molar-refractivity contribution >= 4 is 33.3 Å². The van der Waals surface area contributed by atoms with Gasteiger partial charge in [0.25, 0.3) is 0 Å². The average Bonchev–Trinajstić information content (AvgIpc) is 2.89. The summed E-state index contributed by atoms with van der Waals surface area (Å²) in [4.78, 5) is 25.8. The molecule has 8 nitrogen and oxygen atoms in total. The molecule has 0 radical (unpaired) electrons. The highest BCUT2D eigenvalue weighted by atomic mass is 32.2. The minimum absolute atomic E-state index is 0.00116. The summed E-state index contributed by atoms with van der Waals surface area (Å²) in [6, 6.07) is 13.8. The summed E-state index contributed by atoms with van der Waals surface area (Å²) in [5.41, 5.74) is 0.637. The molecule has 0 bridgehead atoms. The molecule has 1 aliphatic rings. The first kappa shape index (κ1) is 21.6. The van der Waals surface area contributed by atoms with E-state index in [4.69, 9.17) is 4.74 Å². The molecule has 160 valence electrons. The lowest BCUT2D eigenvalue weighted by molar-refractivity contribution is -0.140. The molecule has 0 aliphatic carbocycles. The van der Waals surface area contributed by atoms with E-state index >= 15 is 0 Å². The summed E-state index contributed by atoms with van der Waals surface area (Å²) in [5.74, 6) is -0.416. The molecule has 1 N–H and O–H groups in total. The number of benzene rings is 2. The van der Waals surface area contributed by atoms with E-state index in [1.54, 1.807) is 56.3 Å². The van der Waals surface area contributed by atoms with Crippen molar-refractivity contribution in [2.45, 2.75) is 19.3 Å². The molecule has 1 heterocycles. The number of amides is 1. The fraction of sp³-hybridized carbons (Fsp3) is 0.333. The Kier molecular flexibility index (Phi) is 6.02. The molecule has 1 amide bonds. The van der Waals surface area contributed by atoms with Crippen molar-refractivity contribution in [3.8, 4) is 5.75 Å². The van der Waals surface area contributed by atoms with E-state index in [9.17, 15) is 18.0 Å². The third kappa shape index (κ3) is 4.56. The van der Waals surface area contributed by atoms with Crippen LogP contribution in [0, 0.1) is 0 Å². The molecule has 9 heteroatoms. The van der Waals surface area contributed by atoms with Crippen LogP contribution in [-0.4, -0.2) is 46.3 Å². The van der Waals surface area contributed by atoms with Crippen molar-refractivity contribution in [1.29, 1.82) is 0 Å². The van der Waals surface area contributed by atoms with E-state index in [1.807, 2.05) is 6.07 Å². The lowest BCUT2D eigenvalue weighted by Crippen LogP contribution is -2.39. The number of nitrogens with zero attached hydrogens (tertiary/aromatic N) is 1. The van der Waals surface area contributed by atoms with Crippen molar-refractivity contribution in [1.82, 2.24) is 0 Å². The van der Waals surface area contributed by atoms with Gasteiger partial charge in [-0.2, -0.15) is 0 Å². The van der Waals surface area contributed by atoms with Crippen LogP contribution in [0.5, 0.6) is 5.75 Å². The van der Waals surface area contributed by atoms with E-state index in [2.05, 4.69) is 9.46 Å². The number of ether oxygens (including phenoxy) is 2. The summed E-state index contributed by atoms with van der Waals surface area (Å²) in [5, 5.41) is 0. The van der Waals surface area contributed by atoms with Gasteiger partial charge in [-0.15, -0.1) is 0 Å². The highest BCUT2D eigenvalue weighted by Crippen LogP contribution is 2.42. The molecule has 2 aromatic carbocycles. The maximum absolute atomic E-state index is 12.8. The standard InChI is InChI=1S/C21H24N2O6S/c1-21(2)17-13-15(9-10-18(17)23(20(21)25)14-19(24)28-3)22-30(26,27)12-11-29-16-7-5-4-6-8-16/h4-10,13,22H,11-12,14H2,1-3H3. The minimum Gasteiger partial charge on any atom is -0.492 e. The van der Waals surface area contributed by atoms with Crippen LogP contribution < -0.4 is 14.4 Å². The van der Waals surface area contributed by atoms with Crippen molar-refractivity contribution in [2.24, 2.45) is 0 Å². The maximum Gasteiger partial charge on any atom is 0.325 e. The summed E-state index contributed by atoms with van der Waals surface area (Å²) in [6.07, 6.45) is 0. The zero-order valence-electron chi connectivity index (χ0n) is 17.0. The number of para-hydroxylation sites is 1. The quantitative estimate of drug-likeness (QED) is 0.643. The van der Waals surface area contributed by atoms with Crippen molar-refractivity contribution in [3.05, 3.63) is 54.1 Å². The Morgan fingerprint density at radius 2 is 1.83 bits per heavy atom. The highest BCUT2D eigenvalue weighted by Gasteiger charge is 2.44. The molecule has 0 unspecified atom stereocenters. The Hall–Kier alpha value is -3.07. The van der Waals surface area contributed by atoms with Crippen LogP contribution in [0.2, 0.25) is 0 Å². The number of rotatable bonds is 8. The molecular formula is C21H24N2O6S. The average molecular weight is 432 g/mol. The number of carbonyl (C=O) groups excluding carboxylic acids is 2. The second-order valence-electron chi connectivity index (χ2n) is 7.41. The lowest BCUT2D eigenvalue weighted by atomic mass is 9.86. The first-order chi connectivity index (χ1) is 14.1. The normalized spacial score (nSPS) is 14.9. The molecule has 0 atom stereocenters. The Bertz CT molecular complexity index is 1050. The molecular weight excluding hydrogens is 408 g/mol. The number of hydrogen-bond donors (Lipinski definition) is 1. The van der Waals surface area contributed by atoms with Gasteiger partial charge < -0.3 is 14.4 Å². The van der Waals surface area contributed by atoms with Gasteiger partial charge in [-0.1, -0.05) is 18.2 Å². The van der Waals surface area contributed by atoms with Crippen LogP contribution in [0.1, 0.15) is 19.4 Å². The van der Waals surface area contributed by atoms with Gasteiger partial charge in [-0.05, 0) is 49.7 Å². The molecule has 0 saturated carbocycles. The van der Waals surface area contributed by atoms with Crippen molar-refractivity contribution in [3.63, 3.8) is 0 Å². The summed E-state index contributed by atoms with van der Waals surface area (Å²) >= 11 is 0. The first-order valence-electron chi connectivity index (χ1n) is 9.36. The van der Waals surface area contributed by atoms with Gasteiger partial charge in [0.2, 0.25) is 15.9 Å². The summed E-state index contributed by atoms with van der Waals surface area (Å²) in [6.45, 7) is 3.27. The third-order valence-electron chi connectivity index (χ3n) is 4.89. The van der Waals surface area contributed by atoms with Gasteiger partial charge in [0, 0.05) is 11.4 Å². The summed E-state index contributed by atoms with van der Waals surface area (Å²) < 4.78 is 37.5. The Morgan fingerprint density at radius 3 is 2.50 bits per heavy atom. The molecule has 30 heavy (non-hydrogen) atoms. The van der Waals surface area contributed by atoms with E-state index in [0.29, 0.717) is 22.7 Å². The fourth-order valence-corrected chi connectivity index (χ4v) is 4.16. The SMILES string of the molecule is COC(=O)CN1C(=O)C(C)(C)c2cc(NS(=O)(=O)CCOc3ccccc3)ccc21. The third-order valence-corrected chi connectivity index (χ3v) is 6.14. The van der Waals surface area contributed by atoms with Gasteiger partial charge in [0.1, 0.15) is 24.7 Å². The van der Waals surface area contributed by atoms with Crippen LogP contribution in [0.4, 0.5) is 11.4 Å². The molecule has 0 fully saturated rings. The zero-order chi connectivity index (χ0) is 21.9. The molecule has 0 spiro atoms. The smallest absolute Gasteiger partial charge is 0.325 e. The van der Waals surface area contributed by atoms with E-state index in [0.717, 1.165) is 0 Å². The summed E-state index contributed by atoms with van der Waals surface area (Å²) in [7, 11) is -2.40. The van der Waals surface area contributed by atoms with Crippen LogP contribution in [0.3, 0.4) is 0 Å². The predicted molar refractivity (Wildman–Crippen MR) is 113 cm³/mol. The van der Waals surface area contributed by atoms with Crippen LogP contribution in [-0.2, 0) is 29.8 Å². The monoisotopic (exact) mass is 432 g/mol. The number of sulfonamides is 1. The molecule has 3 rings (SSSR count). The maximum atomic E-state index is 12.8. The number of esters is 1.